The van der Waals surface area contributed by atoms with E-state index in [1.54, 1.807) is 29.8 Å². The van der Waals surface area contributed by atoms with E-state index >= 15 is 0 Å². The van der Waals surface area contributed by atoms with E-state index in [9.17, 15) is 17.6 Å². The minimum Gasteiger partial charge on any atom is -0.344 e. The first-order chi connectivity index (χ1) is 13.5. The second-order valence-corrected chi connectivity index (χ2v) is 9.03. The van der Waals surface area contributed by atoms with Crippen LogP contribution in [0.1, 0.15) is 38.4 Å². The Kier molecular flexibility index (Phi) is 5.61. The highest BCUT2D eigenvalue weighted by Crippen LogP contribution is 2.23. The van der Waals surface area contributed by atoms with Crippen LogP contribution in [-0.2, 0) is 23.5 Å². The van der Waals surface area contributed by atoms with E-state index in [2.05, 4.69) is 4.72 Å². The van der Waals surface area contributed by atoms with Crippen LogP contribution in [0.25, 0.3) is 0 Å². The largest absolute Gasteiger partial charge is 0.344 e. The van der Waals surface area contributed by atoms with Gasteiger partial charge in [0.2, 0.25) is 15.8 Å². The molecule has 0 atom stereocenters. The number of sulfonamides is 1. The number of hydrogen-bond acceptors (Lipinski definition) is 3. The summed E-state index contributed by atoms with van der Waals surface area (Å²) in [5.41, 5.74) is 4.46. The number of hydrogen-bond donors (Lipinski definition) is 1. The Bertz CT molecular complexity index is 1180. The van der Waals surface area contributed by atoms with Crippen molar-refractivity contribution >= 4 is 21.5 Å². The molecule has 0 unspecified atom stereocenters. The van der Waals surface area contributed by atoms with Crippen LogP contribution in [0.2, 0.25) is 0 Å². The molecule has 0 aliphatic heterocycles. The topological polar surface area (TPSA) is 68.2 Å². The summed E-state index contributed by atoms with van der Waals surface area (Å²) in [6.45, 7) is 3.83. The summed E-state index contributed by atoms with van der Waals surface area (Å²) in [4.78, 5) is 12.9. The summed E-state index contributed by atoms with van der Waals surface area (Å²) in [7, 11) is -1.68. The minimum atomic E-state index is -3.47. The van der Waals surface area contributed by atoms with E-state index in [-0.39, 0.29) is 17.9 Å². The minimum absolute atomic E-state index is 0.0792. The Labute approximate surface area is 170 Å². The predicted octanol–water partition coefficient (Wildman–Crippen LogP) is 3.97. The number of anilines is 1. The summed E-state index contributed by atoms with van der Waals surface area (Å²) in [5, 5.41) is 0. The third-order valence-corrected chi connectivity index (χ3v) is 5.39. The van der Waals surface area contributed by atoms with Crippen LogP contribution in [0.5, 0.6) is 0 Å². The highest BCUT2D eigenvalue weighted by molar-refractivity contribution is 7.92. The highest BCUT2D eigenvalue weighted by atomic mass is 32.2. The first kappa shape index (κ1) is 20.8. The smallest absolute Gasteiger partial charge is 0.229 e. The summed E-state index contributed by atoms with van der Waals surface area (Å²) >= 11 is 0. The number of aryl methyl sites for hydroxylation is 2. The molecule has 0 spiro atoms. The molecule has 152 valence electrons. The van der Waals surface area contributed by atoms with Crippen molar-refractivity contribution in [3.8, 4) is 0 Å². The van der Waals surface area contributed by atoms with Crippen LogP contribution in [0.4, 0.5) is 10.1 Å². The molecule has 7 heteroatoms. The van der Waals surface area contributed by atoms with E-state index < -0.39 is 15.8 Å². The van der Waals surface area contributed by atoms with Crippen LogP contribution < -0.4 is 4.72 Å². The van der Waals surface area contributed by atoms with Gasteiger partial charge in [-0.25, -0.2) is 12.8 Å². The monoisotopic (exact) mass is 414 g/mol. The summed E-state index contributed by atoms with van der Waals surface area (Å²) in [6, 6.07) is 13.5. The van der Waals surface area contributed by atoms with E-state index in [1.165, 1.54) is 6.07 Å². The number of carbonyl (C=O) groups is 1. The predicted molar refractivity (Wildman–Crippen MR) is 112 cm³/mol. The van der Waals surface area contributed by atoms with Crippen molar-refractivity contribution < 1.29 is 17.6 Å². The Balaban J connectivity index is 1.89. The average Bonchev–Trinajstić information content (AvgIpc) is 2.89. The maximum Gasteiger partial charge on any atom is 0.229 e. The van der Waals surface area contributed by atoms with Gasteiger partial charge in [-0.05, 0) is 43.2 Å². The molecule has 0 saturated heterocycles. The fourth-order valence-electron chi connectivity index (χ4n) is 3.33. The van der Waals surface area contributed by atoms with E-state index in [0.29, 0.717) is 16.8 Å². The van der Waals surface area contributed by atoms with Crippen molar-refractivity contribution in [3.63, 3.8) is 0 Å². The van der Waals surface area contributed by atoms with Gasteiger partial charge < -0.3 is 4.57 Å². The number of halogens is 1. The molecule has 1 heterocycles. The lowest BCUT2D eigenvalue weighted by Gasteiger charge is -2.10. The molecular formula is C22H23FN2O3S. The Morgan fingerprint density at radius 3 is 2.31 bits per heavy atom. The van der Waals surface area contributed by atoms with Gasteiger partial charge in [0.25, 0.3) is 0 Å². The molecule has 5 nitrogen and oxygen atoms in total. The van der Waals surface area contributed by atoms with Gasteiger partial charge in [-0.2, -0.15) is 0 Å². The lowest BCUT2D eigenvalue weighted by molar-refractivity contribution is 0.103. The van der Waals surface area contributed by atoms with Crippen LogP contribution in [0, 0.1) is 19.7 Å². The van der Waals surface area contributed by atoms with Crippen molar-refractivity contribution in [1.29, 1.82) is 0 Å². The third kappa shape index (κ3) is 4.74. The maximum absolute atomic E-state index is 14.5. The molecule has 0 amide bonds. The van der Waals surface area contributed by atoms with E-state index in [1.807, 2.05) is 32.0 Å². The van der Waals surface area contributed by atoms with Gasteiger partial charge in [-0.3, -0.25) is 9.52 Å². The number of nitrogens with one attached hydrogen (secondary N) is 1. The van der Waals surface area contributed by atoms with Crippen LogP contribution >= 0.6 is 0 Å². The summed E-state index contributed by atoms with van der Waals surface area (Å²) in [5.74, 6) is -0.590. The van der Waals surface area contributed by atoms with Gasteiger partial charge in [0.1, 0.15) is 5.82 Å². The van der Waals surface area contributed by atoms with Crippen molar-refractivity contribution in [2.45, 2.75) is 20.3 Å². The Hall–Kier alpha value is -2.93. The first-order valence-electron chi connectivity index (χ1n) is 9.08. The van der Waals surface area contributed by atoms with Gasteiger partial charge in [0, 0.05) is 24.7 Å². The molecule has 0 fully saturated rings. The van der Waals surface area contributed by atoms with Crippen molar-refractivity contribution in [1.82, 2.24) is 4.57 Å². The fraction of sp³-hybridized carbons (Fsp3) is 0.227. The standard InChI is InChI=1S/C22H23FN2O3S/c1-14-5-7-16(8-6-14)22(26)21-15(2)11-19(25(21)3)12-17-9-10-18(13-20(17)23)24-29(4,27)28/h5-11,13,24H,12H2,1-4H3. The molecule has 0 aliphatic carbocycles. The molecular weight excluding hydrogens is 391 g/mol. The quantitative estimate of drug-likeness (QED) is 0.621. The number of nitrogens with zero attached hydrogens (tertiary/aromatic N) is 1. The second-order valence-electron chi connectivity index (χ2n) is 7.28. The molecule has 0 radical (unpaired) electrons. The second kappa shape index (κ2) is 7.83. The Morgan fingerprint density at radius 1 is 1.07 bits per heavy atom. The average molecular weight is 415 g/mol. The van der Waals surface area contributed by atoms with E-state index in [4.69, 9.17) is 0 Å². The number of rotatable bonds is 6. The number of benzene rings is 2. The molecule has 0 aliphatic rings. The van der Waals surface area contributed by atoms with Crippen LogP contribution in [-0.4, -0.2) is 25.0 Å². The van der Waals surface area contributed by atoms with Crippen molar-refractivity contribution in [3.05, 3.63) is 88.0 Å². The van der Waals surface area contributed by atoms with Crippen molar-refractivity contribution in [2.24, 2.45) is 7.05 Å². The molecule has 2 aromatic carbocycles. The molecule has 0 saturated carbocycles. The molecule has 29 heavy (non-hydrogen) atoms. The zero-order chi connectivity index (χ0) is 21.3. The Morgan fingerprint density at radius 2 is 1.72 bits per heavy atom. The molecule has 3 aromatic rings. The van der Waals surface area contributed by atoms with Crippen LogP contribution in [0.3, 0.4) is 0 Å². The third-order valence-electron chi connectivity index (χ3n) is 4.78. The lowest BCUT2D eigenvalue weighted by Crippen LogP contribution is -2.11. The SMILES string of the molecule is Cc1ccc(C(=O)c2c(C)cc(Cc3ccc(NS(C)(=O)=O)cc3F)n2C)cc1. The summed E-state index contributed by atoms with van der Waals surface area (Å²) in [6.07, 6.45) is 1.29. The molecule has 1 N–H and O–H groups in total. The number of ketones is 1. The van der Waals surface area contributed by atoms with Crippen LogP contribution in [0.15, 0.2) is 48.5 Å². The molecule has 0 bridgehead atoms. The maximum atomic E-state index is 14.5. The van der Waals surface area contributed by atoms with Gasteiger partial charge >= 0.3 is 0 Å². The lowest BCUT2D eigenvalue weighted by atomic mass is 10.0. The number of aromatic nitrogens is 1. The number of carbonyl (C=O) groups excluding carboxylic acids is 1. The van der Waals surface area contributed by atoms with Gasteiger partial charge in [0.05, 0.1) is 17.6 Å². The first-order valence-corrected chi connectivity index (χ1v) is 11.0. The molecule has 3 rings (SSSR count). The summed E-state index contributed by atoms with van der Waals surface area (Å²) < 4.78 is 41.2. The van der Waals surface area contributed by atoms with E-state index in [0.717, 1.165) is 29.1 Å². The van der Waals surface area contributed by atoms with Crippen molar-refractivity contribution in [2.75, 3.05) is 11.0 Å². The molecule has 1 aromatic heterocycles. The fourth-order valence-corrected chi connectivity index (χ4v) is 3.88. The van der Waals surface area contributed by atoms with Gasteiger partial charge in [-0.1, -0.05) is 35.9 Å². The normalized spacial score (nSPS) is 11.5. The zero-order valence-corrected chi connectivity index (χ0v) is 17.6. The highest BCUT2D eigenvalue weighted by Gasteiger charge is 2.19. The zero-order valence-electron chi connectivity index (χ0n) is 16.8. The van der Waals surface area contributed by atoms with Gasteiger partial charge in [0.15, 0.2) is 0 Å². The van der Waals surface area contributed by atoms with Gasteiger partial charge in [-0.15, -0.1) is 0 Å².